The molecule has 0 aliphatic rings. The van der Waals surface area contributed by atoms with Crippen molar-refractivity contribution in [3.63, 3.8) is 0 Å². The summed E-state index contributed by atoms with van der Waals surface area (Å²) in [7, 11) is 0. The second-order valence-corrected chi connectivity index (χ2v) is 0.603. The summed E-state index contributed by atoms with van der Waals surface area (Å²) < 4.78 is 0. The molecule has 0 bridgehead atoms. The van der Waals surface area contributed by atoms with E-state index in [1.165, 1.54) is 6.20 Å². The zero-order valence-electron chi connectivity index (χ0n) is 2.79. The SMILES string of the molecule is [Pt].[c-]1c[nH]nn1. The summed E-state index contributed by atoms with van der Waals surface area (Å²) in [4.78, 5) is 0. The van der Waals surface area contributed by atoms with Crippen LogP contribution in [0.5, 0.6) is 0 Å². The summed E-state index contributed by atoms with van der Waals surface area (Å²) in [6.07, 6.45) is 3.97. The van der Waals surface area contributed by atoms with Crippen molar-refractivity contribution in [3.05, 3.63) is 12.4 Å². The van der Waals surface area contributed by atoms with Gasteiger partial charge >= 0.3 is 0 Å². The van der Waals surface area contributed by atoms with Crippen molar-refractivity contribution < 1.29 is 21.1 Å². The van der Waals surface area contributed by atoms with E-state index in [0.717, 1.165) is 0 Å². The van der Waals surface area contributed by atoms with Crippen LogP contribution in [-0.2, 0) is 21.1 Å². The fraction of sp³-hybridized carbons (Fsp3) is 0. The molecule has 1 aromatic rings. The van der Waals surface area contributed by atoms with Gasteiger partial charge < -0.3 is 16.4 Å². The third kappa shape index (κ3) is 1.31. The first-order chi connectivity index (χ1) is 2.50. The molecule has 0 atom stereocenters. The first kappa shape index (κ1) is 5.83. The number of aromatic amines is 1. The molecule has 0 spiro atoms. The van der Waals surface area contributed by atoms with Gasteiger partial charge in [-0.25, -0.2) is 0 Å². The number of hydrogen-bond acceptors (Lipinski definition) is 2. The Morgan fingerprint density at radius 2 is 2.50 bits per heavy atom. The molecule has 0 saturated carbocycles. The molecule has 0 aliphatic heterocycles. The minimum absolute atomic E-state index is 0. The standard InChI is InChI=1S/C2H2N3.Pt/c1-2-4-5-3-1;/h1H,(H,3,4,5);/q-1;. The molecular weight excluding hydrogens is 261 g/mol. The van der Waals surface area contributed by atoms with Crippen molar-refractivity contribution in [2.24, 2.45) is 0 Å². The normalized spacial score (nSPS) is 6.67. The number of nitrogens with one attached hydrogen (secondary N) is 1. The van der Waals surface area contributed by atoms with Crippen molar-refractivity contribution in [1.29, 1.82) is 0 Å². The molecule has 1 N–H and O–H groups in total. The summed E-state index contributed by atoms with van der Waals surface area (Å²) in [5.74, 6) is 0. The molecule has 0 amide bonds. The van der Waals surface area contributed by atoms with Gasteiger partial charge in [0.15, 0.2) is 0 Å². The maximum Gasteiger partial charge on any atom is 0 e. The second-order valence-electron chi connectivity index (χ2n) is 0.603. The minimum atomic E-state index is 0. The Labute approximate surface area is 49.4 Å². The monoisotopic (exact) mass is 263 g/mol. The number of hydrogen-bond donors (Lipinski definition) is 1. The molecule has 4 heteroatoms. The largest absolute Gasteiger partial charge is 0.352 e. The molecule has 0 aromatic carbocycles. The van der Waals surface area contributed by atoms with Crippen molar-refractivity contribution in [1.82, 2.24) is 15.4 Å². The van der Waals surface area contributed by atoms with E-state index in [1.807, 2.05) is 0 Å². The van der Waals surface area contributed by atoms with Crippen LogP contribution in [-0.4, -0.2) is 15.4 Å². The molecule has 1 aromatic heterocycles. The molecule has 6 heavy (non-hydrogen) atoms. The summed E-state index contributed by atoms with van der Waals surface area (Å²) in [5.41, 5.74) is 0. The molecule has 0 aliphatic carbocycles. The average molecular weight is 263 g/mol. The fourth-order valence-electron chi connectivity index (χ4n) is 0.144. The van der Waals surface area contributed by atoms with Crippen molar-refractivity contribution >= 4 is 0 Å². The van der Waals surface area contributed by atoms with E-state index in [-0.39, 0.29) is 21.1 Å². The van der Waals surface area contributed by atoms with Crippen molar-refractivity contribution in [3.8, 4) is 0 Å². The van der Waals surface area contributed by atoms with Gasteiger partial charge in [0.2, 0.25) is 0 Å². The van der Waals surface area contributed by atoms with E-state index >= 15 is 0 Å². The van der Waals surface area contributed by atoms with Crippen molar-refractivity contribution in [2.45, 2.75) is 0 Å². The predicted molar refractivity (Wildman–Crippen MR) is 15.2 cm³/mol. The number of H-pyrrole nitrogens is 1. The van der Waals surface area contributed by atoms with Crippen LogP contribution in [0.4, 0.5) is 0 Å². The quantitative estimate of drug-likeness (QED) is 0.647. The van der Waals surface area contributed by atoms with Gasteiger partial charge in [0, 0.05) is 21.1 Å². The van der Waals surface area contributed by atoms with Gasteiger partial charge in [-0.2, -0.15) is 0 Å². The molecule has 0 fully saturated rings. The van der Waals surface area contributed by atoms with Crippen molar-refractivity contribution in [2.75, 3.05) is 0 Å². The summed E-state index contributed by atoms with van der Waals surface area (Å²) in [5, 5.41) is 9.03. The molecule has 1 rings (SSSR count). The zero-order valence-corrected chi connectivity index (χ0v) is 5.06. The number of aromatic nitrogens is 3. The number of rotatable bonds is 0. The van der Waals surface area contributed by atoms with Gasteiger partial charge in [-0.05, 0) is 0 Å². The van der Waals surface area contributed by atoms with Gasteiger partial charge in [-0.15, -0.1) is 11.4 Å². The third-order valence-electron chi connectivity index (χ3n) is 0.295. The Balaban J connectivity index is 0.000000250. The van der Waals surface area contributed by atoms with E-state index in [2.05, 4.69) is 21.6 Å². The zero-order chi connectivity index (χ0) is 3.54. The maximum absolute atomic E-state index is 3.29. The van der Waals surface area contributed by atoms with Crippen LogP contribution < -0.4 is 0 Å². The topological polar surface area (TPSA) is 41.6 Å². The van der Waals surface area contributed by atoms with E-state index in [1.54, 1.807) is 0 Å². The summed E-state index contributed by atoms with van der Waals surface area (Å²) in [6.45, 7) is 0. The molecular formula is C2H2N3Pt-. The Kier molecular flexibility index (Phi) is 2.95. The van der Waals surface area contributed by atoms with E-state index in [4.69, 9.17) is 0 Å². The van der Waals surface area contributed by atoms with Crippen LogP contribution in [0.3, 0.4) is 0 Å². The van der Waals surface area contributed by atoms with Crippen LogP contribution in [0.2, 0.25) is 0 Å². The molecule has 36 valence electrons. The Hall–Kier alpha value is -0.172. The van der Waals surface area contributed by atoms with Gasteiger partial charge in [0.05, 0.1) is 0 Å². The number of nitrogens with zero attached hydrogens (tertiary/aromatic N) is 2. The molecule has 0 unspecified atom stereocenters. The summed E-state index contributed by atoms with van der Waals surface area (Å²) in [6, 6.07) is 0. The molecule has 0 radical (unpaired) electrons. The predicted octanol–water partition coefficient (Wildman–Crippen LogP) is -0.398. The Morgan fingerprint density at radius 3 is 2.67 bits per heavy atom. The molecule has 0 saturated heterocycles. The Morgan fingerprint density at radius 1 is 1.67 bits per heavy atom. The van der Waals surface area contributed by atoms with Crippen LogP contribution in [0.15, 0.2) is 6.20 Å². The van der Waals surface area contributed by atoms with E-state index in [0.29, 0.717) is 0 Å². The maximum atomic E-state index is 3.29. The summed E-state index contributed by atoms with van der Waals surface area (Å²) >= 11 is 0. The van der Waals surface area contributed by atoms with Gasteiger partial charge in [0.1, 0.15) is 0 Å². The fourth-order valence-corrected chi connectivity index (χ4v) is 0.144. The van der Waals surface area contributed by atoms with Crippen LogP contribution in [0.1, 0.15) is 0 Å². The van der Waals surface area contributed by atoms with Gasteiger partial charge in [-0.1, -0.05) is 0 Å². The minimum Gasteiger partial charge on any atom is -0.352 e. The van der Waals surface area contributed by atoms with Gasteiger partial charge in [-0.3, -0.25) is 0 Å². The van der Waals surface area contributed by atoms with Gasteiger partial charge in [0.25, 0.3) is 0 Å². The van der Waals surface area contributed by atoms with E-state index in [9.17, 15) is 0 Å². The van der Waals surface area contributed by atoms with Crippen LogP contribution >= 0.6 is 0 Å². The second kappa shape index (κ2) is 3.04. The smallest absolute Gasteiger partial charge is 0 e. The third-order valence-corrected chi connectivity index (χ3v) is 0.295. The molecule has 3 nitrogen and oxygen atoms in total. The Bertz CT molecular complexity index is 65.3. The van der Waals surface area contributed by atoms with E-state index < -0.39 is 0 Å². The van der Waals surface area contributed by atoms with Crippen LogP contribution in [0, 0.1) is 6.20 Å². The molecule has 1 heterocycles. The first-order valence-electron chi connectivity index (χ1n) is 1.22. The average Bonchev–Trinajstić information content (AvgIpc) is 1.76. The van der Waals surface area contributed by atoms with Crippen LogP contribution in [0.25, 0.3) is 0 Å². The first-order valence-corrected chi connectivity index (χ1v) is 1.22.